The zero-order chi connectivity index (χ0) is 10.7. The average Bonchev–Trinajstić information content (AvgIpc) is 2.68. The third-order valence-corrected chi connectivity index (χ3v) is 2.11. The van der Waals surface area contributed by atoms with Crippen LogP contribution in [0.4, 0.5) is 0 Å². The highest BCUT2D eigenvalue weighted by atomic mass is 35.5. The number of hydrogen-bond donors (Lipinski definition) is 1. The van der Waals surface area contributed by atoms with Gasteiger partial charge in [-0.05, 0) is 14.0 Å². The van der Waals surface area contributed by atoms with Gasteiger partial charge in [0.25, 0.3) is 0 Å². The van der Waals surface area contributed by atoms with Crippen LogP contribution >= 0.6 is 12.4 Å². The van der Waals surface area contributed by atoms with Crippen molar-refractivity contribution in [2.24, 2.45) is 0 Å². The van der Waals surface area contributed by atoms with E-state index in [0.29, 0.717) is 18.3 Å². The summed E-state index contributed by atoms with van der Waals surface area (Å²) in [5.41, 5.74) is 2.20. The van der Waals surface area contributed by atoms with E-state index in [-0.39, 0.29) is 12.4 Å². The Kier molecular flexibility index (Phi) is 4.46. The van der Waals surface area contributed by atoms with E-state index in [4.69, 9.17) is 4.52 Å². The number of hydrogen-bond acceptors (Lipinski definition) is 4. The largest absolute Gasteiger partial charge is 0.338 e. The standard InChI is InChI=1S/C11H13N3O.ClH/c1-8-3-5-9(6-4-8)11-13-10(7-12-2)15-14-11;/h3-6,12H,7H2,1-2H3;1H. The van der Waals surface area contributed by atoms with E-state index in [2.05, 4.69) is 15.5 Å². The summed E-state index contributed by atoms with van der Waals surface area (Å²) in [6, 6.07) is 8.04. The monoisotopic (exact) mass is 239 g/mol. The van der Waals surface area contributed by atoms with E-state index >= 15 is 0 Å². The molecule has 1 aromatic heterocycles. The van der Waals surface area contributed by atoms with Crippen molar-refractivity contribution in [3.63, 3.8) is 0 Å². The Morgan fingerprint density at radius 2 is 1.94 bits per heavy atom. The number of nitrogens with one attached hydrogen (secondary N) is 1. The van der Waals surface area contributed by atoms with Gasteiger partial charge in [0.2, 0.25) is 11.7 Å². The van der Waals surface area contributed by atoms with Crippen molar-refractivity contribution in [3.05, 3.63) is 35.7 Å². The first kappa shape index (κ1) is 12.7. The highest BCUT2D eigenvalue weighted by Crippen LogP contribution is 2.15. The first-order valence-electron chi connectivity index (χ1n) is 4.84. The van der Waals surface area contributed by atoms with Crippen molar-refractivity contribution < 1.29 is 4.52 Å². The van der Waals surface area contributed by atoms with Crippen LogP contribution in [0.3, 0.4) is 0 Å². The lowest BCUT2D eigenvalue weighted by molar-refractivity contribution is 0.372. The van der Waals surface area contributed by atoms with Gasteiger partial charge in [0.1, 0.15) is 0 Å². The lowest BCUT2D eigenvalue weighted by Crippen LogP contribution is -2.04. The van der Waals surface area contributed by atoms with Crippen molar-refractivity contribution >= 4 is 12.4 Å². The molecule has 1 aromatic carbocycles. The summed E-state index contributed by atoms with van der Waals surface area (Å²) in [5, 5.41) is 6.87. The minimum atomic E-state index is 0. The molecule has 0 aliphatic carbocycles. The SMILES string of the molecule is CNCc1nc(-c2ccc(C)cc2)no1.Cl. The number of aryl methyl sites for hydroxylation is 1. The zero-order valence-electron chi connectivity index (χ0n) is 9.23. The van der Waals surface area contributed by atoms with E-state index in [1.54, 1.807) is 0 Å². The number of aromatic nitrogens is 2. The maximum Gasteiger partial charge on any atom is 0.240 e. The van der Waals surface area contributed by atoms with Crippen molar-refractivity contribution in [1.29, 1.82) is 0 Å². The average molecular weight is 240 g/mol. The van der Waals surface area contributed by atoms with Gasteiger partial charge in [0.05, 0.1) is 6.54 Å². The van der Waals surface area contributed by atoms with E-state index < -0.39 is 0 Å². The summed E-state index contributed by atoms with van der Waals surface area (Å²) < 4.78 is 5.07. The fraction of sp³-hybridized carbons (Fsp3) is 0.273. The van der Waals surface area contributed by atoms with Crippen LogP contribution in [-0.4, -0.2) is 17.2 Å². The molecule has 0 fully saturated rings. The minimum absolute atomic E-state index is 0. The van der Waals surface area contributed by atoms with E-state index in [1.165, 1.54) is 5.56 Å². The molecule has 0 bridgehead atoms. The van der Waals surface area contributed by atoms with Crippen molar-refractivity contribution in [1.82, 2.24) is 15.5 Å². The summed E-state index contributed by atoms with van der Waals surface area (Å²) in [7, 11) is 1.84. The molecular weight excluding hydrogens is 226 g/mol. The second-order valence-corrected chi connectivity index (χ2v) is 3.41. The number of nitrogens with zero attached hydrogens (tertiary/aromatic N) is 2. The van der Waals surface area contributed by atoms with E-state index in [0.717, 1.165) is 5.56 Å². The van der Waals surface area contributed by atoms with Crippen molar-refractivity contribution in [2.45, 2.75) is 13.5 Å². The number of benzene rings is 1. The van der Waals surface area contributed by atoms with Gasteiger partial charge in [-0.2, -0.15) is 4.98 Å². The number of halogens is 1. The molecule has 0 saturated carbocycles. The lowest BCUT2D eigenvalue weighted by Gasteiger charge is -1.94. The van der Waals surface area contributed by atoms with Crippen LogP contribution in [0.1, 0.15) is 11.5 Å². The highest BCUT2D eigenvalue weighted by Gasteiger charge is 2.06. The predicted octanol–water partition coefficient (Wildman–Crippen LogP) is 2.19. The molecule has 0 radical (unpaired) electrons. The molecule has 1 N–H and O–H groups in total. The van der Waals surface area contributed by atoms with Crippen LogP contribution in [-0.2, 0) is 6.54 Å². The third kappa shape index (κ3) is 2.81. The van der Waals surface area contributed by atoms with Crippen molar-refractivity contribution in [3.8, 4) is 11.4 Å². The quantitative estimate of drug-likeness (QED) is 0.892. The second kappa shape index (κ2) is 5.63. The first-order chi connectivity index (χ1) is 7.29. The first-order valence-corrected chi connectivity index (χ1v) is 4.84. The Morgan fingerprint density at radius 1 is 1.25 bits per heavy atom. The van der Waals surface area contributed by atoms with Gasteiger partial charge in [0.15, 0.2) is 0 Å². The van der Waals surface area contributed by atoms with Gasteiger partial charge in [-0.15, -0.1) is 12.4 Å². The molecule has 4 nitrogen and oxygen atoms in total. The van der Waals surface area contributed by atoms with Crippen molar-refractivity contribution in [2.75, 3.05) is 7.05 Å². The molecule has 0 aliphatic heterocycles. The fourth-order valence-corrected chi connectivity index (χ4v) is 1.30. The molecule has 0 aliphatic rings. The molecule has 2 rings (SSSR count). The van der Waals surface area contributed by atoms with Crippen LogP contribution in [0.25, 0.3) is 11.4 Å². The lowest BCUT2D eigenvalue weighted by atomic mass is 10.1. The number of rotatable bonds is 3. The topological polar surface area (TPSA) is 51.0 Å². The molecule has 16 heavy (non-hydrogen) atoms. The van der Waals surface area contributed by atoms with Gasteiger partial charge >= 0.3 is 0 Å². The van der Waals surface area contributed by atoms with Gasteiger partial charge in [-0.25, -0.2) is 0 Å². The van der Waals surface area contributed by atoms with Crippen LogP contribution < -0.4 is 5.32 Å². The molecular formula is C11H14ClN3O. The molecule has 5 heteroatoms. The molecule has 0 spiro atoms. The Hall–Kier alpha value is -1.39. The summed E-state index contributed by atoms with van der Waals surface area (Å²) in [6.45, 7) is 2.64. The Morgan fingerprint density at radius 3 is 2.56 bits per heavy atom. The third-order valence-electron chi connectivity index (χ3n) is 2.11. The predicted molar refractivity (Wildman–Crippen MR) is 64.5 cm³/mol. The maximum atomic E-state index is 5.07. The molecule has 0 atom stereocenters. The normalized spacial score (nSPS) is 9.88. The molecule has 1 heterocycles. The molecule has 86 valence electrons. The Balaban J connectivity index is 0.00000128. The smallest absolute Gasteiger partial charge is 0.240 e. The van der Waals surface area contributed by atoms with Gasteiger partial charge in [-0.3, -0.25) is 0 Å². The summed E-state index contributed by atoms with van der Waals surface area (Å²) >= 11 is 0. The minimum Gasteiger partial charge on any atom is -0.338 e. The van der Waals surface area contributed by atoms with Crippen LogP contribution in [0.5, 0.6) is 0 Å². The summed E-state index contributed by atoms with van der Waals surface area (Å²) in [5.74, 6) is 1.24. The molecule has 0 saturated heterocycles. The molecule has 2 aromatic rings. The molecule has 0 unspecified atom stereocenters. The zero-order valence-corrected chi connectivity index (χ0v) is 10.0. The Labute approximate surface area is 100 Å². The Bertz CT molecular complexity index is 439. The van der Waals surface area contributed by atoms with Gasteiger partial charge < -0.3 is 9.84 Å². The van der Waals surface area contributed by atoms with E-state index in [1.807, 2.05) is 38.2 Å². The van der Waals surface area contributed by atoms with Gasteiger partial charge in [-0.1, -0.05) is 35.0 Å². The highest BCUT2D eigenvalue weighted by molar-refractivity contribution is 5.85. The van der Waals surface area contributed by atoms with Gasteiger partial charge in [0, 0.05) is 5.56 Å². The summed E-state index contributed by atoms with van der Waals surface area (Å²) in [4.78, 5) is 4.26. The second-order valence-electron chi connectivity index (χ2n) is 3.41. The van der Waals surface area contributed by atoms with Crippen LogP contribution in [0.15, 0.2) is 28.8 Å². The molecule has 0 amide bonds. The van der Waals surface area contributed by atoms with Crippen LogP contribution in [0.2, 0.25) is 0 Å². The fourth-order valence-electron chi connectivity index (χ4n) is 1.30. The summed E-state index contributed by atoms with van der Waals surface area (Å²) in [6.07, 6.45) is 0. The van der Waals surface area contributed by atoms with E-state index in [9.17, 15) is 0 Å². The van der Waals surface area contributed by atoms with Crippen LogP contribution in [0, 0.1) is 6.92 Å². The maximum absolute atomic E-state index is 5.07.